The molecule has 2 saturated carbocycles. The number of benzene rings is 1. The van der Waals surface area contributed by atoms with Gasteiger partial charge in [0.2, 0.25) is 0 Å². The van der Waals surface area contributed by atoms with E-state index >= 15 is 0 Å². The second-order valence-electron chi connectivity index (χ2n) is 7.78. The molecule has 0 atom stereocenters. The molecule has 0 aliphatic heterocycles. The Hall–Kier alpha value is -1.88. The lowest BCUT2D eigenvalue weighted by atomic mass is 9.85. The fraction of sp³-hybridized carbons (Fsp3) is 0.600. The number of nitrogens with one attached hydrogen (secondary N) is 2. The van der Waals surface area contributed by atoms with Crippen LogP contribution in [0.2, 0.25) is 0 Å². The first-order valence-corrected chi connectivity index (χ1v) is 9.38. The average Bonchev–Trinajstić information content (AvgIpc) is 3.40. The maximum absolute atomic E-state index is 12.4. The van der Waals surface area contributed by atoms with Crippen molar-refractivity contribution in [3.8, 4) is 0 Å². The van der Waals surface area contributed by atoms with Crippen LogP contribution in [0.25, 0.3) is 0 Å². The van der Waals surface area contributed by atoms with Gasteiger partial charge in [-0.1, -0.05) is 0 Å². The fourth-order valence-electron chi connectivity index (χ4n) is 3.54. The van der Waals surface area contributed by atoms with Crippen LogP contribution in [0.4, 0.5) is 0 Å². The summed E-state index contributed by atoms with van der Waals surface area (Å²) in [6, 6.07) is 7.58. The van der Waals surface area contributed by atoms with Crippen LogP contribution in [0, 0.1) is 5.92 Å². The Morgan fingerprint density at radius 3 is 1.60 bits per heavy atom. The molecule has 1 aromatic rings. The standard InChI is InChI=1S/C20H29N3O2/c1-23(2)13-14-3-9-17(10-4-14)21-19(24)15-5-7-16(8-6-15)20(25)22-18-11-12-18/h5-8,14,17-18H,3-4,9-13H2,1-2H3,(H,21,24)(H,22,25). The summed E-state index contributed by atoms with van der Waals surface area (Å²) >= 11 is 0. The molecule has 0 bridgehead atoms. The maximum Gasteiger partial charge on any atom is 0.251 e. The van der Waals surface area contributed by atoms with Crippen molar-refractivity contribution >= 4 is 11.8 Å². The van der Waals surface area contributed by atoms with E-state index in [4.69, 9.17) is 0 Å². The first-order chi connectivity index (χ1) is 12.0. The van der Waals surface area contributed by atoms with Crippen LogP contribution in [0.15, 0.2) is 24.3 Å². The number of hydrogen-bond acceptors (Lipinski definition) is 3. The van der Waals surface area contributed by atoms with Crippen LogP contribution in [0.5, 0.6) is 0 Å². The van der Waals surface area contributed by atoms with Crippen molar-refractivity contribution in [3.63, 3.8) is 0 Å². The zero-order chi connectivity index (χ0) is 17.8. The average molecular weight is 343 g/mol. The van der Waals surface area contributed by atoms with Gasteiger partial charge in [0.25, 0.3) is 11.8 Å². The summed E-state index contributed by atoms with van der Waals surface area (Å²) in [7, 11) is 4.23. The summed E-state index contributed by atoms with van der Waals surface area (Å²) in [5, 5.41) is 6.11. The van der Waals surface area contributed by atoms with Crippen LogP contribution in [0.3, 0.4) is 0 Å². The third-order valence-corrected chi connectivity index (χ3v) is 5.13. The van der Waals surface area contributed by atoms with E-state index in [1.54, 1.807) is 24.3 Å². The van der Waals surface area contributed by atoms with Crippen LogP contribution in [-0.2, 0) is 0 Å². The molecule has 1 aromatic carbocycles. The van der Waals surface area contributed by atoms with E-state index in [1.807, 2.05) is 0 Å². The molecule has 0 radical (unpaired) electrons. The van der Waals surface area contributed by atoms with Gasteiger partial charge < -0.3 is 15.5 Å². The van der Waals surface area contributed by atoms with Gasteiger partial charge in [-0.2, -0.15) is 0 Å². The molecule has 0 saturated heterocycles. The van der Waals surface area contributed by atoms with Crippen molar-refractivity contribution < 1.29 is 9.59 Å². The monoisotopic (exact) mass is 343 g/mol. The molecule has 0 aromatic heterocycles. The van der Waals surface area contributed by atoms with E-state index in [2.05, 4.69) is 29.6 Å². The second-order valence-corrected chi connectivity index (χ2v) is 7.78. The molecule has 25 heavy (non-hydrogen) atoms. The van der Waals surface area contributed by atoms with Crippen LogP contribution >= 0.6 is 0 Å². The summed E-state index contributed by atoms with van der Waals surface area (Å²) in [6.07, 6.45) is 6.58. The van der Waals surface area contributed by atoms with Crippen molar-refractivity contribution in [2.24, 2.45) is 5.92 Å². The van der Waals surface area contributed by atoms with Gasteiger partial charge in [-0.05, 0) is 82.8 Å². The number of rotatable bonds is 6. The Labute approximate surface area is 150 Å². The highest BCUT2D eigenvalue weighted by molar-refractivity contribution is 5.98. The molecule has 136 valence electrons. The molecule has 3 rings (SSSR count). The molecule has 0 unspecified atom stereocenters. The van der Waals surface area contributed by atoms with Gasteiger partial charge in [0.15, 0.2) is 0 Å². The van der Waals surface area contributed by atoms with Gasteiger partial charge in [-0.25, -0.2) is 0 Å². The molecule has 5 heteroatoms. The first kappa shape index (κ1) is 17.9. The van der Waals surface area contributed by atoms with Crippen molar-refractivity contribution in [3.05, 3.63) is 35.4 Å². The van der Waals surface area contributed by atoms with Crippen LogP contribution in [-0.4, -0.2) is 49.4 Å². The molecular weight excluding hydrogens is 314 g/mol. The van der Waals surface area contributed by atoms with Crippen molar-refractivity contribution in [1.82, 2.24) is 15.5 Å². The quantitative estimate of drug-likeness (QED) is 0.834. The third kappa shape index (κ3) is 5.30. The fourth-order valence-corrected chi connectivity index (χ4v) is 3.54. The van der Waals surface area contributed by atoms with Crippen molar-refractivity contribution in [2.45, 2.75) is 50.6 Å². The Balaban J connectivity index is 1.47. The van der Waals surface area contributed by atoms with Crippen LogP contribution in [0.1, 0.15) is 59.2 Å². The van der Waals surface area contributed by atoms with Crippen molar-refractivity contribution in [1.29, 1.82) is 0 Å². The maximum atomic E-state index is 12.4. The molecule has 2 fully saturated rings. The summed E-state index contributed by atoms with van der Waals surface area (Å²) < 4.78 is 0. The zero-order valence-corrected chi connectivity index (χ0v) is 15.3. The number of carbonyl (C=O) groups is 2. The van der Waals surface area contributed by atoms with E-state index in [0.717, 1.165) is 38.1 Å². The molecule has 5 nitrogen and oxygen atoms in total. The van der Waals surface area contributed by atoms with Gasteiger partial charge >= 0.3 is 0 Å². The van der Waals surface area contributed by atoms with E-state index in [1.165, 1.54) is 12.8 Å². The summed E-state index contributed by atoms with van der Waals surface area (Å²) in [5.74, 6) is 0.659. The van der Waals surface area contributed by atoms with E-state index in [-0.39, 0.29) is 17.9 Å². The van der Waals surface area contributed by atoms with Gasteiger partial charge in [-0.15, -0.1) is 0 Å². The molecule has 0 heterocycles. The Bertz CT molecular complexity index is 600. The summed E-state index contributed by atoms with van der Waals surface area (Å²) in [6.45, 7) is 1.13. The highest BCUT2D eigenvalue weighted by Gasteiger charge is 2.25. The minimum atomic E-state index is -0.0475. The second kappa shape index (κ2) is 8.00. The molecule has 0 spiro atoms. The molecule has 2 aliphatic rings. The lowest BCUT2D eigenvalue weighted by molar-refractivity contribution is 0.0915. The molecule has 2 amide bonds. The normalized spacial score (nSPS) is 23.3. The SMILES string of the molecule is CN(C)CC1CCC(NC(=O)c2ccc(C(=O)NC3CC3)cc2)CC1. The van der Waals surface area contributed by atoms with Gasteiger partial charge in [0, 0.05) is 29.8 Å². The van der Waals surface area contributed by atoms with Crippen molar-refractivity contribution in [2.75, 3.05) is 20.6 Å². The van der Waals surface area contributed by atoms with Gasteiger partial charge in [-0.3, -0.25) is 9.59 Å². The summed E-state index contributed by atoms with van der Waals surface area (Å²) in [4.78, 5) is 26.6. The summed E-state index contributed by atoms with van der Waals surface area (Å²) in [5.41, 5.74) is 1.24. The lowest BCUT2D eigenvalue weighted by Gasteiger charge is -2.30. The Morgan fingerprint density at radius 2 is 1.24 bits per heavy atom. The highest BCUT2D eigenvalue weighted by Crippen LogP contribution is 2.25. The number of hydrogen-bond donors (Lipinski definition) is 2. The smallest absolute Gasteiger partial charge is 0.251 e. The third-order valence-electron chi connectivity index (χ3n) is 5.13. The molecule has 2 N–H and O–H groups in total. The molecular formula is C20H29N3O2. The predicted octanol–water partition coefficient (Wildman–Crippen LogP) is 2.43. The number of carbonyl (C=O) groups excluding carboxylic acids is 2. The minimum Gasteiger partial charge on any atom is -0.349 e. The minimum absolute atomic E-state index is 0.0368. The Kier molecular flexibility index (Phi) is 5.74. The zero-order valence-electron chi connectivity index (χ0n) is 15.3. The largest absolute Gasteiger partial charge is 0.349 e. The van der Waals surface area contributed by atoms with E-state index in [9.17, 15) is 9.59 Å². The van der Waals surface area contributed by atoms with Gasteiger partial charge in [0.1, 0.15) is 0 Å². The Morgan fingerprint density at radius 1 is 0.840 bits per heavy atom. The van der Waals surface area contributed by atoms with Crippen LogP contribution < -0.4 is 10.6 Å². The predicted molar refractivity (Wildman–Crippen MR) is 98.7 cm³/mol. The van der Waals surface area contributed by atoms with E-state index < -0.39 is 0 Å². The van der Waals surface area contributed by atoms with Gasteiger partial charge in [0.05, 0.1) is 0 Å². The first-order valence-electron chi connectivity index (χ1n) is 9.38. The van der Waals surface area contributed by atoms with E-state index in [0.29, 0.717) is 17.2 Å². The number of nitrogens with zero attached hydrogens (tertiary/aromatic N) is 1. The highest BCUT2D eigenvalue weighted by atomic mass is 16.2. The lowest BCUT2D eigenvalue weighted by Crippen LogP contribution is -2.39. The molecule has 2 aliphatic carbocycles. The number of amides is 2. The topological polar surface area (TPSA) is 61.4 Å².